The maximum Gasteiger partial charge on any atom is 0.155 e. The summed E-state index contributed by atoms with van der Waals surface area (Å²) in [6, 6.07) is 19.7. The van der Waals surface area contributed by atoms with Gasteiger partial charge in [-0.1, -0.05) is 60.7 Å². The highest BCUT2D eigenvalue weighted by Gasteiger charge is 2.43. The normalized spacial score (nSPS) is 26.6. The topological polar surface area (TPSA) is 27.7 Å². The first kappa shape index (κ1) is 17.1. The minimum Gasteiger partial charge on any atom is -0.374 e. The van der Waals surface area contributed by atoms with Crippen LogP contribution in [0.25, 0.3) is 0 Å². The molecule has 0 amide bonds. The average molecular weight is 330 g/mol. The molecule has 3 nitrogen and oxygen atoms in total. The molecule has 4 heteroatoms. The maximum atomic E-state index is 14.4. The van der Waals surface area contributed by atoms with Crippen LogP contribution < -0.4 is 0 Å². The Morgan fingerprint density at radius 1 is 0.917 bits per heavy atom. The predicted molar refractivity (Wildman–Crippen MR) is 90.3 cm³/mol. The van der Waals surface area contributed by atoms with Crippen molar-refractivity contribution in [2.24, 2.45) is 0 Å². The van der Waals surface area contributed by atoms with Gasteiger partial charge in [0.15, 0.2) is 6.17 Å². The second-order valence-electron chi connectivity index (χ2n) is 6.09. The van der Waals surface area contributed by atoms with E-state index in [1.54, 1.807) is 6.92 Å². The molecule has 0 aromatic heterocycles. The molecule has 0 saturated carbocycles. The second-order valence-corrected chi connectivity index (χ2v) is 6.09. The summed E-state index contributed by atoms with van der Waals surface area (Å²) in [6.07, 6.45) is -2.60. The van der Waals surface area contributed by atoms with E-state index >= 15 is 0 Å². The molecule has 128 valence electrons. The third-order valence-electron chi connectivity index (χ3n) is 4.20. The molecule has 1 aliphatic heterocycles. The molecule has 1 saturated heterocycles. The molecule has 0 aliphatic carbocycles. The largest absolute Gasteiger partial charge is 0.374 e. The summed E-state index contributed by atoms with van der Waals surface area (Å²) in [7, 11) is 0. The van der Waals surface area contributed by atoms with E-state index in [9.17, 15) is 4.39 Å². The summed E-state index contributed by atoms with van der Waals surface area (Å²) in [5, 5.41) is 0. The molecular weight excluding hydrogens is 307 g/mol. The van der Waals surface area contributed by atoms with Crippen molar-refractivity contribution in [1.82, 2.24) is 0 Å². The Morgan fingerprint density at radius 2 is 1.50 bits per heavy atom. The number of benzene rings is 2. The lowest BCUT2D eigenvalue weighted by molar-refractivity contribution is -0.0719. The lowest BCUT2D eigenvalue weighted by atomic mass is 10.1. The first-order valence-electron chi connectivity index (χ1n) is 8.31. The van der Waals surface area contributed by atoms with E-state index < -0.39 is 18.4 Å². The van der Waals surface area contributed by atoms with Crippen molar-refractivity contribution in [3.8, 4) is 0 Å². The Kier molecular flexibility index (Phi) is 5.96. The highest BCUT2D eigenvalue weighted by molar-refractivity contribution is 5.14. The van der Waals surface area contributed by atoms with Crippen molar-refractivity contribution in [1.29, 1.82) is 0 Å². The van der Waals surface area contributed by atoms with Crippen LogP contribution in [0.2, 0.25) is 0 Å². The highest BCUT2D eigenvalue weighted by Crippen LogP contribution is 2.27. The molecule has 0 bridgehead atoms. The van der Waals surface area contributed by atoms with Gasteiger partial charge in [0.25, 0.3) is 0 Å². The van der Waals surface area contributed by atoms with E-state index in [-0.39, 0.29) is 6.10 Å². The fraction of sp³-hybridized carbons (Fsp3) is 0.400. The average Bonchev–Trinajstić information content (AvgIpc) is 2.89. The zero-order chi connectivity index (χ0) is 16.8. The first-order chi connectivity index (χ1) is 11.7. The van der Waals surface area contributed by atoms with E-state index in [4.69, 9.17) is 14.2 Å². The Morgan fingerprint density at radius 3 is 2.12 bits per heavy atom. The lowest BCUT2D eigenvalue weighted by Crippen LogP contribution is -2.34. The quantitative estimate of drug-likeness (QED) is 0.770. The minimum atomic E-state index is -1.14. The fourth-order valence-corrected chi connectivity index (χ4v) is 2.87. The molecule has 0 radical (unpaired) electrons. The molecule has 1 aliphatic rings. The van der Waals surface area contributed by atoms with Gasteiger partial charge in [-0.25, -0.2) is 4.39 Å². The fourth-order valence-electron chi connectivity index (χ4n) is 2.87. The zero-order valence-electron chi connectivity index (χ0n) is 13.8. The Balaban J connectivity index is 1.52. The van der Waals surface area contributed by atoms with E-state index in [1.807, 2.05) is 60.7 Å². The van der Waals surface area contributed by atoms with Gasteiger partial charge in [-0.15, -0.1) is 0 Å². The first-order valence-corrected chi connectivity index (χ1v) is 8.31. The molecule has 2 aromatic rings. The van der Waals surface area contributed by atoms with Crippen LogP contribution in [0, 0.1) is 0 Å². The molecule has 1 fully saturated rings. The number of rotatable bonds is 7. The van der Waals surface area contributed by atoms with Gasteiger partial charge in [0.05, 0.1) is 25.9 Å². The van der Waals surface area contributed by atoms with Crippen molar-refractivity contribution < 1.29 is 18.6 Å². The van der Waals surface area contributed by atoms with Gasteiger partial charge in [-0.05, 0) is 18.1 Å². The molecule has 1 unspecified atom stereocenters. The molecule has 2 aromatic carbocycles. The zero-order valence-corrected chi connectivity index (χ0v) is 13.8. The van der Waals surface area contributed by atoms with E-state index in [2.05, 4.69) is 0 Å². The smallest absolute Gasteiger partial charge is 0.155 e. The summed E-state index contributed by atoms with van der Waals surface area (Å²) in [6.45, 7) is 2.91. The third-order valence-corrected chi connectivity index (χ3v) is 4.20. The van der Waals surface area contributed by atoms with E-state index in [0.717, 1.165) is 11.1 Å². The molecule has 0 N–H and O–H groups in total. The van der Waals surface area contributed by atoms with Crippen molar-refractivity contribution >= 4 is 0 Å². The molecule has 1 heterocycles. The Bertz CT molecular complexity index is 605. The molecular formula is C20H23FO3. The molecule has 24 heavy (non-hydrogen) atoms. The Hall–Kier alpha value is -1.75. The monoisotopic (exact) mass is 330 g/mol. The van der Waals surface area contributed by atoms with Crippen LogP contribution >= 0.6 is 0 Å². The van der Waals surface area contributed by atoms with Gasteiger partial charge in [0.2, 0.25) is 0 Å². The van der Waals surface area contributed by atoms with Crippen molar-refractivity contribution in [2.45, 2.75) is 44.6 Å². The van der Waals surface area contributed by atoms with Crippen LogP contribution in [0.3, 0.4) is 0 Å². The van der Waals surface area contributed by atoms with Gasteiger partial charge in [0, 0.05) is 0 Å². The van der Waals surface area contributed by atoms with Gasteiger partial charge in [-0.3, -0.25) is 0 Å². The van der Waals surface area contributed by atoms with Gasteiger partial charge < -0.3 is 14.2 Å². The summed E-state index contributed by atoms with van der Waals surface area (Å²) in [5.41, 5.74) is 2.11. The van der Waals surface area contributed by atoms with E-state index in [1.165, 1.54) is 0 Å². The van der Waals surface area contributed by atoms with Crippen molar-refractivity contribution in [3.63, 3.8) is 0 Å². The molecule has 0 spiro atoms. The SMILES string of the molecule is CC1O[C@H](COCc2ccccc2)[C@@H](OCc2ccccc2)[C@H]1F. The summed E-state index contributed by atoms with van der Waals surface area (Å²) in [4.78, 5) is 0. The number of halogens is 1. The van der Waals surface area contributed by atoms with Crippen LogP contribution in [-0.2, 0) is 27.4 Å². The van der Waals surface area contributed by atoms with Crippen LogP contribution in [0.5, 0.6) is 0 Å². The summed E-state index contributed by atoms with van der Waals surface area (Å²) < 4.78 is 31.6. The lowest BCUT2D eigenvalue weighted by Gasteiger charge is -2.20. The minimum absolute atomic E-state index is 0.319. The third kappa shape index (κ3) is 4.41. The molecule has 4 atom stereocenters. The number of ether oxygens (including phenoxy) is 3. The number of alkyl halides is 1. The number of hydrogen-bond acceptors (Lipinski definition) is 3. The summed E-state index contributed by atoms with van der Waals surface area (Å²) in [5.74, 6) is 0. The molecule has 3 rings (SSSR count). The van der Waals surface area contributed by atoms with Crippen LogP contribution in [0.15, 0.2) is 60.7 Å². The van der Waals surface area contributed by atoms with Crippen LogP contribution in [0.4, 0.5) is 4.39 Å². The van der Waals surface area contributed by atoms with Gasteiger partial charge in [0.1, 0.15) is 12.2 Å². The number of hydrogen-bond donors (Lipinski definition) is 0. The van der Waals surface area contributed by atoms with Crippen molar-refractivity contribution in [2.75, 3.05) is 6.61 Å². The summed E-state index contributed by atoms with van der Waals surface area (Å²) >= 11 is 0. The van der Waals surface area contributed by atoms with Crippen LogP contribution in [-0.4, -0.2) is 31.1 Å². The van der Waals surface area contributed by atoms with Gasteiger partial charge >= 0.3 is 0 Å². The predicted octanol–water partition coefficient (Wildman–Crippen LogP) is 3.91. The second kappa shape index (κ2) is 8.38. The Labute approximate surface area is 142 Å². The van der Waals surface area contributed by atoms with Crippen LogP contribution in [0.1, 0.15) is 18.1 Å². The highest BCUT2D eigenvalue weighted by atomic mass is 19.1. The van der Waals surface area contributed by atoms with E-state index in [0.29, 0.717) is 19.8 Å². The standard InChI is InChI=1S/C20H23FO3/c1-15-19(21)20(23-13-17-10-6-3-7-11-17)18(24-15)14-22-12-16-8-4-2-5-9-16/h2-11,15,18-20H,12-14H2,1H3/t15?,18-,19+,20-/m1/s1. The maximum absolute atomic E-state index is 14.4. The van der Waals surface area contributed by atoms with Gasteiger partial charge in [-0.2, -0.15) is 0 Å². The van der Waals surface area contributed by atoms with Crippen molar-refractivity contribution in [3.05, 3.63) is 71.8 Å².